The summed E-state index contributed by atoms with van der Waals surface area (Å²) in [5, 5.41) is 3.58. The maximum Gasteiger partial charge on any atom is 0.0504 e. The molecule has 0 radical (unpaired) electrons. The van der Waals surface area contributed by atoms with E-state index in [2.05, 4.69) is 93.6 Å². The van der Waals surface area contributed by atoms with E-state index in [-0.39, 0.29) is 0 Å². The van der Waals surface area contributed by atoms with Gasteiger partial charge in [0.1, 0.15) is 0 Å². The molecule has 0 aliphatic rings. The van der Waals surface area contributed by atoms with Crippen LogP contribution in [0.3, 0.4) is 0 Å². The van der Waals surface area contributed by atoms with E-state index in [0.29, 0.717) is 0 Å². The van der Waals surface area contributed by atoms with Gasteiger partial charge in [-0.25, -0.2) is 0 Å². The smallest absolute Gasteiger partial charge is 0.0504 e. The lowest BCUT2D eigenvalue weighted by Gasteiger charge is -2.32. The fraction of sp³-hybridized carbons (Fsp3) is 1.00. The maximum absolute atomic E-state index is 3.65. The second-order valence-electron chi connectivity index (χ2n) is 13.2. The Kier molecular flexibility index (Phi) is 19.0. The third kappa shape index (κ3) is 18.6. The van der Waals surface area contributed by atoms with Crippen LogP contribution in [0.15, 0.2) is 0 Å². The predicted molar refractivity (Wildman–Crippen MR) is 176 cm³/mol. The minimum absolute atomic E-state index is 0.979. The zero-order valence-electron chi connectivity index (χ0n) is 22.9. The molecule has 32 heavy (non-hydrogen) atoms. The molecule has 0 N–H and O–H groups in total. The highest BCUT2D eigenvalue weighted by molar-refractivity contribution is 9.09. The van der Waals surface area contributed by atoms with Crippen LogP contribution in [0.5, 0.6) is 0 Å². The van der Waals surface area contributed by atoms with Crippen LogP contribution in [-0.4, -0.2) is 48.3 Å². The van der Waals surface area contributed by atoms with Gasteiger partial charge in [-0.15, -0.1) is 0 Å². The molecule has 0 heterocycles. The quantitative estimate of drug-likeness (QED) is 0.0822. The summed E-state index contributed by atoms with van der Waals surface area (Å²) < 4.78 is 0. The Morgan fingerprint density at radius 1 is 0.344 bits per heavy atom. The van der Waals surface area contributed by atoms with Crippen molar-refractivity contribution >= 4 is 80.1 Å². The third-order valence-corrected chi connectivity index (χ3v) is 24.5. The number of rotatable bonds is 21. The first-order valence-corrected chi connectivity index (χ1v) is 30.2. The molecule has 0 saturated heterocycles. The van der Waals surface area contributed by atoms with E-state index in [1.54, 1.807) is 55.5 Å². The van der Waals surface area contributed by atoms with Gasteiger partial charge < -0.3 is 0 Å². The molecular weight excluding hydrogens is 652 g/mol. The molecule has 0 amide bonds. The lowest BCUT2D eigenvalue weighted by atomic mass is 10.5. The van der Waals surface area contributed by atoms with Crippen molar-refractivity contribution < 1.29 is 0 Å². The molecule has 0 aromatic carbocycles. The van der Waals surface area contributed by atoms with Gasteiger partial charge in [0, 0.05) is 40.2 Å². The summed E-state index contributed by atoms with van der Waals surface area (Å²) >= 11 is 11.0. The Morgan fingerprint density at radius 3 is 0.781 bits per heavy atom. The maximum atomic E-state index is 3.65. The minimum Gasteiger partial charge on any atom is -0.0928 e. The van der Waals surface area contributed by atoms with E-state index in [0.717, 1.165) is 0 Å². The molecule has 0 unspecified atom stereocenters. The molecule has 0 fully saturated rings. The molecule has 0 saturated carbocycles. The summed E-state index contributed by atoms with van der Waals surface area (Å²) in [6.07, 6.45) is 8.78. The second-order valence-corrected chi connectivity index (χ2v) is 36.7. The average molecular weight is 710 g/mol. The summed E-state index contributed by atoms with van der Waals surface area (Å²) in [5.41, 5.74) is 0. The Bertz CT molecular complexity index is 406. The summed E-state index contributed by atoms with van der Waals surface area (Å²) in [5.74, 6) is 0. The SMILES string of the molecule is C[Si](C)(CCCBr)CCC[Si](C)(CCC[Si](C)(C)CCCBr)CCC[Si](C)(C)CCCBr. The van der Waals surface area contributed by atoms with Crippen LogP contribution in [0, 0.1) is 0 Å². The van der Waals surface area contributed by atoms with E-state index in [9.17, 15) is 0 Å². The Labute approximate surface area is 233 Å². The lowest BCUT2D eigenvalue weighted by Crippen LogP contribution is -2.34. The van der Waals surface area contributed by atoms with E-state index >= 15 is 0 Å². The van der Waals surface area contributed by atoms with Crippen molar-refractivity contribution in [3.8, 4) is 0 Å². The molecule has 0 spiro atoms. The van der Waals surface area contributed by atoms with Crippen molar-refractivity contribution in [3.05, 3.63) is 0 Å². The van der Waals surface area contributed by atoms with Gasteiger partial charge >= 0.3 is 0 Å². The molecule has 0 aromatic heterocycles. The highest BCUT2D eigenvalue weighted by Crippen LogP contribution is 2.34. The molecular formula is C25H57Br3Si4. The number of hydrogen-bond donors (Lipinski definition) is 0. The predicted octanol–water partition coefficient (Wildman–Crippen LogP) is 11.7. The molecule has 194 valence electrons. The van der Waals surface area contributed by atoms with Gasteiger partial charge in [0.25, 0.3) is 0 Å². The largest absolute Gasteiger partial charge is 0.0928 e. The van der Waals surface area contributed by atoms with Crippen molar-refractivity contribution in [2.24, 2.45) is 0 Å². The fourth-order valence-electron chi connectivity index (χ4n) is 5.37. The van der Waals surface area contributed by atoms with Gasteiger partial charge in [0.15, 0.2) is 0 Å². The van der Waals surface area contributed by atoms with Gasteiger partial charge in [-0.3, -0.25) is 0 Å². The molecule has 7 heteroatoms. The first-order chi connectivity index (χ1) is 14.8. The molecule has 0 nitrogen and oxygen atoms in total. The van der Waals surface area contributed by atoms with Crippen LogP contribution in [0.1, 0.15) is 38.5 Å². The van der Waals surface area contributed by atoms with Gasteiger partial charge in [0.2, 0.25) is 0 Å². The van der Waals surface area contributed by atoms with Crippen molar-refractivity contribution in [3.63, 3.8) is 0 Å². The third-order valence-electron chi connectivity index (χ3n) is 7.86. The summed E-state index contributed by atoms with van der Waals surface area (Å²) in [6, 6.07) is 14.1. The van der Waals surface area contributed by atoms with Crippen molar-refractivity contribution in [2.45, 2.75) is 139 Å². The van der Waals surface area contributed by atoms with E-state index in [1.807, 2.05) is 0 Å². The zero-order chi connectivity index (χ0) is 24.7. The first kappa shape index (κ1) is 34.3. The molecule has 0 atom stereocenters. The molecule has 0 aliphatic heterocycles. The van der Waals surface area contributed by atoms with Gasteiger partial charge in [-0.1, -0.05) is 167 Å². The van der Waals surface area contributed by atoms with E-state index in [4.69, 9.17) is 0 Å². The fourth-order valence-corrected chi connectivity index (χ4v) is 20.2. The topological polar surface area (TPSA) is 0 Å². The average Bonchev–Trinajstić information content (AvgIpc) is 2.69. The van der Waals surface area contributed by atoms with Gasteiger partial charge in [0.05, 0.1) is 8.07 Å². The van der Waals surface area contributed by atoms with E-state index in [1.165, 1.54) is 53.4 Å². The van der Waals surface area contributed by atoms with Crippen LogP contribution in [-0.2, 0) is 0 Å². The summed E-state index contributed by atoms with van der Waals surface area (Å²) in [4.78, 5) is 0. The standard InChI is InChI=1S/C25H57Br3Si4/c1-29(2,17-8-14-26)20-11-23-32(7,24-12-21-30(3,4)18-9-15-27)25-13-22-31(5,6)19-10-16-28/h8-25H2,1-7H3. The lowest BCUT2D eigenvalue weighted by molar-refractivity contribution is 0.892. The second kappa shape index (κ2) is 17.7. The summed E-state index contributed by atoms with van der Waals surface area (Å²) in [6.45, 7) is 18.7. The van der Waals surface area contributed by atoms with Crippen molar-refractivity contribution in [1.82, 2.24) is 0 Å². The van der Waals surface area contributed by atoms with Crippen LogP contribution in [0.2, 0.25) is 100 Å². The van der Waals surface area contributed by atoms with Gasteiger partial charge in [-0.05, 0) is 19.3 Å². The molecule has 0 aromatic rings. The number of alkyl halides is 3. The molecule has 0 rings (SSSR count). The van der Waals surface area contributed by atoms with Crippen LogP contribution in [0.4, 0.5) is 0 Å². The molecule has 0 aliphatic carbocycles. The van der Waals surface area contributed by atoms with Crippen LogP contribution >= 0.6 is 47.8 Å². The Hall–Kier alpha value is 2.31. The van der Waals surface area contributed by atoms with E-state index < -0.39 is 32.3 Å². The van der Waals surface area contributed by atoms with Crippen molar-refractivity contribution in [2.75, 3.05) is 16.0 Å². The van der Waals surface area contributed by atoms with Crippen molar-refractivity contribution in [1.29, 1.82) is 0 Å². The highest BCUT2D eigenvalue weighted by atomic mass is 79.9. The van der Waals surface area contributed by atoms with Crippen LogP contribution in [0.25, 0.3) is 0 Å². The monoisotopic (exact) mass is 706 g/mol. The molecule has 0 bridgehead atoms. The van der Waals surface area contributed by atoms with Crippen LogP contribution < -0.4 is 0 Å². The van der Waals surface area contributed by atoms with Gasteiger partial charge in [-0.2, -0.15) is 0 Å². The zero-order valence-corrected chi connectivity index (χ0v) is 31.6. The Morgan fingerprint density at radius 2 is 0.562 bits per heavy atom. The Balaban J connectivity index is 4.84. The number of hydrogen-bond acceptors (Lipinski definition) is 0. The highest BCUT2D eigenvalue weighted by Gasteiger charge is 2.30. The summed E-state index contributed by atoms with van der Waals surface area (Å²) in [7, 11) is -4.04. The first-order valence-electron chi connectivity index (χ1n) is 13.5. The normalized spacial score (nSPS) is 13.7. The minimum atomic E-state index is -1.10. The number of halogens is 3.